The van der Waals surface area contributed by atoms with Gasteiger partial charge >= 0.3 is 0 Å². The molecule has 14 heavy (non-hydrogen) atoms. The minimum Gasteiger partial charge on any atom is -0.491 e. The standard InChI is InChI=1S/C8H7F2NOS2/c1-12-7-5(11-8(13)14)3-2-4(9)6(7)10/h2-3H,1H3,(H2,11,13,14). The van der Waals surface area contributed by atoms with Crippen molar-refractivity contribution in [2.45, 2.75) is 0 Å². The summed E-state index contributed by atoms with van der Waals surface area (Å²) < 4.78 is 30.7. The predicted octanol–water partition coefficient (Wildman–Crippen LogP) is 2.60. The first kappa shape index (κ1) is 11.2. The van der Waals surface area contributed by atoms with E-state index in [9.17, 15) is 8.78 Å². The van der Waals surface area contributed by atoms with Crippen molar-refractivity contribution in [1.29, 1.82) is 0 Å². The third-order valence-corrected chi connectivity index (χ3v) is 1.71. The minimum atomic E-state index is -1.05. The van der Waals surface area contributed by atoms with Gasteiger partial charge in [-0.2, -0.15) is 4.39 Å². The van der Waals surface area contributed by atoms with Crippen molar-refractivity contribution < 1.29 is 13.5 Å². The summed E-state index contributed by atoms with van der Waals surface area (Å²) in [6.45, 7) is 0. The Kier molecular flexibility index (Phi) is 3.65. The van der Waals surface area contributed by atoms with Gasteiger partial charge < -0.3 is 10.1 Å². The highest BCUT2D eigenvalue weighted by Crippen LogP contribution is 2.29. The van der Waals surface area contributed by atoms with Crippen molar-refractivity contribution in [3.63, 3.8) is 0 Å². The van der Waals surface area contributed by atoms with Gasteiger partial charge in [-0.15, -0.1) is 12.6 Å². The van der Waals surface area contributed by atoms with Crippen molar-refractivity contribution in [1.82, 2.24) is 0 Å². The molecule has 1 aromatic rings. The van der Waals surface area contributed by atoms with E-state index in [-0.39, 0.29) is 15.8 Å². The Hall–Kier alpha value is -0.880. The molecule has 1 rings (SSSR count). The topological polar surface area (TPSA) is 21.3 Å². The minimum absolute atomic E-state index is 0.148. The van der Waals surface area contributed by atoms with E-state index in [0.717, 1.165) is 6.07 Å². The number of hydrogen-bond donors (Lipinski definition) is 2. The molecule has 0 unspecified atom stereocenters. The van der Waals surface area contributed by atoms with Crippen LogP contribution in [0.3, 0.4) is 0 Å². The molecule has 0 aliphatic rings. The van der Waals surface area contributed by atoms with Gasteiger partial charge in [-0.25, -0.2) is 4.39 Å². The maximum atomic E-state index is 13.1. The van der Waals surface area contributed by atoms with Crippen LogP contribution in [-0.2, 0) is 0 Å². The zero-order chi connectivity index (χ0) is 10.7. The highest BCUT2D eigenvalue weighted by atomic mass is 32.1. The fraction of sp³-hybridized carbons (Fsp3) is 0.125. The lowest BCUT2D eigenvalue weighted by Crippen LogP contribution is -2.05. The van der Waals surface area contributed by atoms with Crippen LogP contribution in [0.15, 0.2) is 12.1 Å². The maximum Gasteiger partial charge on any atom is 0.202 e. The Morgan fingerprint density at radius 1 is 1.50 bits per heavy atom. The molecule has 0 aliphatic heterocycles. The van der Waals surface area contributed by atoms with Crippen molar-refractivity contribution >= 4 is 34.9 Å². The van der Waals surface area contributed by atoms with E-state index in [0.29, 0.717) is 0 Å². The van der Waals surface area contributed by atoms with Gasteiger partial charge in [0.2, 0.25) is 5.82 Å². The second-order valence-corrected chi connectivity index (χ2v) is 3.53. The van der Waals surface area contributed by atoms with E-state index in [1.165, 1.54) is 13.2 Å². The van der Waals surface area contributed by atoms with Crippen molar-refractivity contribution in [2.24, 2.45) is 0 Å². The molecule has 0 aromatic heterocycles. The molecule has 0 saturated heterocycles. The van der Waals surface area contributed by atoms with Gasteiger partial charge in [-0.3, -0.25) is 0 Å². The largest absolute Gasteiger partial charge is 0.491 e. The molecule has 2 nitrogen and oxygen atoms in total. The van der Waals surface area contributed by atoms with Crippen LogP contribution in [0.2, 0.25) is 0 Å². The molecule has 0 atom stereocenters. The summed E-state index contributed by atoms with van der Waals surface area (Å²) in [7, 11) is 1.24. The molecule has 0 aliphatic carbocycles. The van der Waals surface area contributed by atoms with Crippen LogP contribution in [0.4, 0.5) is 14.5 Å². The summed E-state index contributed by atoms with van der Waals surface area (Å²) in [5.74, 6) is -2.25. The average Bonchev–Trinajstić information content (AvgIpc) is 2.11. The number of thiol groups is 1. The first-order valence-electron chi connectivity index (χ1n) is 3.58. The van der Waals surface area contributed by atoms with Gasteiger partial charge in [0.15, 0.2) is 11.6 Å². The maximum absolute atomic E-state index is 13.1. The normalized spacial score (nSPS) is 9.71. The smallest absolute Gasteiger partial charge is 0.202 e. The fourth-order valence-corrected chi connectivity index (χ4v) is 1.18. The van der Waals surface area contributed by atoms with E-state index < -0.39 is 11.6 Å². The molecule has 1 aromatic carbocycles. The predicted molar refractivity (Wildman–Crippen MR) is 58.1 cm³/mol. The summed E-state index contributed by atoms with van der Waals surface area (Å²) in [6.07, 6.45) is 0. The van der Waals surface area contributed by atoms with E-state index in [1.807, 2.05) is 0 Å². The number of methoxy groups -OCH3 is 1. The summed E-state index contributed by atoms with van der Waals surface area (Å²) >= 11 is 8.45. The third-order valence-electron chi connectivity index (χ3n) is 1.50. The zero-order valence-corrected chi connectivity index (χ0v) is 8.89. The third kappa shape index (κ3) is 2.33. The Morgan fingerprint density at radius 3 is 2.64 bits per heavy atom. The molecule has 76 valence electrons. The van der Waals surface area contributed by atoms with Crippen LogP contribution in [0.5, 0.6) is 5.75 Å². The molecule has 0 fully saturated rings. The Labute approximate surface area is 90.7 Å². The first-order valence-corrected chi connectivity index (χ1v) is 4.43. The summed E-state index contributed by atoms with van der Waals surface area (Å²) in [5.41, 5.74) is 0.242. The molecule has 0 spiro atoms. The van der Waals surface area contributed by atoms with E-state index >= 15 is 0 Å². The van der Waals surface area contributed by atoms with Crippen molar-refractivity contribution in [3.8, 4) is 5.75 Å². The van der Waals surface area contributed by atoms with Crippen molar-refractivity contribution in [3.05, 3.63) is 23.8 Å². The lowest BCUT2D eigenvalue weighted by molar-refractivity contribution is 0.374. The van der Waals surface area contributed by atoms with Gasteiger partial charge in [-0.05, 0) is 12.1 Å². The lowest BCUT2D eigenvalue weighted by atomic mass is 10.2. The summed E-state index contributed by atoms with van der Waals surface area (Å²) in [6, 6.07) is 2.30. The summed E-state index contributed by atoms with van der Waals surface area (Å²) in [4.78, 5) is 0. The highest BCUT2D eigenvalue weighted by molar-refractivity contribution is 8.11. The molecular formula is C8H7F2NOS2. The number of anilines is 1. The number of rotatable bonds is 2. The average molecular weight is 235 g/mol. The molecular weight excluding hydrogens is 228 g/mol. The number of thiocarbonyl (C=S) groups is 1. The number of halogens is 2. The Bertz CT molecular complexity index is 371. The van der Waals surface area contributed by atoms with Gasteiger partial charge in [-0.1, -0.05) is 12.2 Å². The molecule has 6 heteroatoms. The Balaban J connectivity index is 3.17. The lowest BCUT2D eigenvalue weighted by Gasteiger charge is -2.10. The molecule has 0 bridgehead atoms. The van der Waals surface area contributed by atoms with Gasteiger partial charge in [0.05, 0.1) is 12.8 Å². The van der Waals surface area contributed by atoms with Gasteiger partial charge in [0.1, 0.15) is 4.32 Å². The summed E-state index contributed by atoms with van der Waals surface area (Å²) in [5, 5.41) is 2.56. The van der Waals surface area contributed by atoms with E-state index in [4.69, 9.17) is 0 Å². The number of hydrogen-bond acceptors (Lipinski definition) is 2. The Morgan fingerprint density at radius 2 is 2.14 bits per heavy atom. The van der Waals surface area contributed by atoms with Crippen LogP contribution in [0.25, 0.3) is 0 Å². The quantitative estimate of drug-likeness (QED) is 0.608. The highest BCUT2D eigenvalue weighted by Gasteiger charge is 2.13. The molecule has 0 heterocycles. The van der Waals surface area contributed by atoms with E-state index in [1.54, 1.807) is 0 Å². The van der Waals surface area contributed by atoms with E-state index in [2.05, 4.69) is 34.9 Å². The monoisotopic (exact) mass is 235 g/mol. The molecule has 0 radical (unpaired) electrons. The SMILES string of the molecule is COc1c(NC(=S)S)ccc(F)c1F. The number of benzene rings is 1. The number of nitrogens with one attached hydrogen (secondary N) is 1. The van der Waals surface area contributed by atoms with Crippen LogP contribution in [0, 0.1) is 11.6 Å². The molecule has 0 saturated carbocycles. The second kappa shape index (κ2) is 4.56. The van der Waals surface area contributed by atoms with Crippen LogP contribution in [0.1, 0.15) is 0 Å². The zero-order valence-electron chi connectivity index (χ0n) is 7.17. The van der Waals surface area contributed by atoms with Gasteiger partial charge in [0.25, 0.3) is 0 Å². The van der Waals surface area contributed by atoms with Crippen molar-refractivity contribution in [2.75, 3.05) is 12.4 Å². The molecule has 1 N–H and O–H groups in total. The van der Waals surface area contributed by atoms with Crippen LogP contribution >= 0.6 is 24.8 Å². The van der Waals surface area contributed by atoms with Crippen LogP contribution < -0.4 is 10.1 Å². The number of ether oxygens (including phenoxy) is 1. The van der Waals surface area contributed by atoms with Gasteiger partial charge in [0, 0.05) is 0 Å². The van der Waals surface area contributed by atoms with Crippen LogP contribution in [-0.4, -0.2) is 11.4 Å². The second-order valence-electron chi connectivity index (χ2n) is 2.37. The molecule has 0 amide bonds. The fourth-order valence-electron chi connectivity index (χ4n) is 0.945. The first-order chi connectivity index (χ1) is 6.56.